The highest BCUT2D eigenvalue weighted by Crippen LogP contribution is 2.34. The van der Waals surface area contributed by atoms with Gasteiger partial charge in [-0.2, -0.15) is 0 Å². The predicted octanol–water partition coefficient (Wildman–Crippen LogP) is 3.15. The second-order valence-electron chi connectivity index (χ2n) is 7.06. The Morgan fingerprint density at radius 3 is 2.77 bits per heavy atom. The van der Waals surface area contributed by atoms with Gasteiger partial charge in [0.1, 0.15) is 5.75 Å². The Hall–Kier alpha value is -3.68. The number of nitrogens with zero attached hydrogens (tertiary/aromatic N) is 3. The molecule has 0 unspecified atom stereocenters. The molecule has 3 aromatic rings. The van der Waals surface area contributed by atoms with Crippen LogP contribution in [0.15, 0.2) is 52.9 Å². The molecule has 1 aromatic heterocycles. The van der Waals surface area contributed by atoms with Gasteiger partial charge in [-0.25, -0.2) is 0 Å². The summed E-state index contributed by atoms with van der Waals surface area (Å²) in [6.07, 6.45) is 0.0784. The maximum Gasteiger partial charge on any atom is 0.311 e. The smallest absolute Gasteiger partial charge is 0.311 e. The van der Waals surface area contributed by atoms with Gasteiger partial charge in [-0.1, -0.05) is 24.3 Å². The zero-order chi connectivity index (χ0) is 21.1. The Kier molecular flexibility index (Phi) is 5.47. The third-order valence-electron chi connectivity index (χ3n) is 4.91. The van der Waals surface area contributed by atoms with Crippen LogP contribution in [0, 0.1) is 12.8 Å². The minimum atomic E-state index is -0.570. The fourth-order valence-corrected chi connectivity index (χ4v) is 3.37. The molecule has 1 saturated heterocycles. The minimum absolute atomic E-state index is 0.0784. The molecule has 1 fully saturated rings. The molecule has 0 aliphatic carbocycles. The largest absolute Gasteiger partial charge is 0.495 e. The molecule has 30 heavy (non-hydrogen) atoms. The molecule has 2 aromatic carbocycles. The molecule has 0 N–H and O–H groups in total. The number of anilines is 1. The zero-order valence-electron chi connectivity index (χ0n) is 16.7. The summed E-state index contributed by atoms with van der Waals surface area (Å²) in [6.45, 7) is 2.02. The summed E-state index contributed by atoms with van der Waals surface area (Å²) in [5.41, 5.74) is 2.43. The van der Waals surface area contributed by atoms with Crippen molar-refractivity contribution < 1.29 is 23.5 Å². The maximum atomic E-state index is 12.5. The van der Waals surface area contributed by atoms with Gasteiger partial charge < -0.3 is 18.8 Å². The molecule has 1 amide bonds. The van der Waals surface area contributed by atoms with Crippen LogP contribution in [0.25, 0.3) is 11.5 Å². The zero-order valence-corrected chi connectivity index (χ0v) is 16.7. The molecule has 0 radical (unpaired) electrons. The number of methoxy groups -OCH3 is 1. The van der Waals surface area contributed by atoms with E-state index in [0.717, 1.165) is 11.1 Å². The van der Waals surface area contributed by atoms with Crippen molar-refractivity contribution in [3.63, 3.8) is 0 Å². The van der Waals surface area contributed by atoms with E-state index in [2.05, 4.69) is 10.2 Å². The first kappa shape index (κ1) is 19.6. The number of esters is 1. The summed E-state index contributed by atoms with van der Waals surface area (Å²) in [4.78, 5) is 26.6. The molecule has 8 heteroatoms. The minimum Gasteiger partial charge on any atom is -0.495 e. The number of rotatable bonds is 6. The Bertz CT molecular complexity index is 1060. The van der Waals surface area contributed by atoms with E-state index in [0.29, 0.717) is 17.3 Å². The highest BCUT2D eigenvalue weighted by molar-refractivity contribution is 6.00. The molecule has 1 atom stereocenters. The van der Waals surface area contributed by atoms with Crippen molar-refractivity contribution in [2.75, 3.05) is 18.6 Å². The van der Waals surface area contributed by atoms with Gasteiger partial charge in [0, 0.05) is 18.5 Å². The molecule has 0 spiro atoms. The molecule has 1 aliphatic rings. The van der Waals surface area contributed by atoms with E-state index in [9.17, 15) is 9.59 Å². The highest BCUT2D eigenvalue weighted by Gasteiger charge is 2.37. The number of aryl methyl sites for hydroxylation is 1. The molecule has 0 saturated carbocycles. The lowest BCUT2D eigenvalue weighted by molar-refractivity contribution is -0.150. The Balaban J connectivity index is 1.39. The van der Waals surface area contributed by atoms with Crippen molar-refractivity contribution in [2.24, 2.45) is 5.92 Å². The predicted molar refractivity (Wildman–Crippen MR) is 108 cm³/mol. The van der Waals surface area contributed by atoms with Crippen LogP contribution < -0.4 is 9.64 Å². The number of aromatic nitrogens is 2. The van der Waals surface area contributed by atoms with E-state index in [4.69, 9.17) is 13.9 Å². The van der Waals surface area contributed by atoms with Crippen molar-refractivity contribution in [1.82, 2.24) is 10.2 Å². The number of carbonyl (C=O) groups excluding carboxylic acids is 2. The molecule has 1 aliphatic heterocycles. The standard InChI is InChI=1S/C22H21N3O5/c1-14-8-9-18(28-2)17(10-14)25-12-16(11-20(25)26)22(27)29-13-19-23-24-21(30-19)15-6-4-3-5-7-15/h3-10,16H,11-13H2,1-2H3/t16-/m1/s1. The van der Waals surface area contributed by atoms with Gasteiger partial charge in [-0.15, -0.1) is 10.2 Å². The first-order valence-electron chi connectivity index (χ1n) is 9.54. The van der Waals surface area contributed by atoms with Gasteiger partial charge in [-0.3, -0.25) is 9.59 Å². The lowest BCUT2D eigenvalue weighted by atomic mass is 10.1. The maximum absolute atomic E-state index is 12.5. The average Bonchev–Trinajstić information content (AvgIpc) is 3.39. The van der Waals surface area contributed by atoms with E-state index in [1.165, 1.54) is 0 Å². The highest BCUT2D eigenvalue weighted by atomic mass is 16.5. The van der Waals surface area contributed by atoms with E-state index in [1.54, 1.807) is 12.0 Å². The van der Waals surface area contributed by atoms with Gasteiger partial charge in [0.25, 0.3) is 5.89 Å². The summed E-state index contributed by atoms with van der Waals surface area (Å²) < 4.78 is 16.2. The van der Waals surface area contributed by atoms with Crippen molar-refractivity contribution in [3.05, 3.63) is 60.0 Å². The third kappa shape index (κ3) is 4.03. The molecule has 8 nitrogen and oxygen atoms in total. The number of hydrogen-bond donors (Lipinski definition) is 0. The number of hydrogen-bond acceptors (Lipinski definition) is 7. The van der Waals surface area contributed by atoms with E-state index < -0.39 is 11.9 Å². The first-order valence-corrected chi connectivity index (χ1v) is 9.54. The SMILES string of the molecule is COc1ccc(C)cc1N1C[C@H](C(=O)OCc2nnc(-c3ccccc3)o2)CC1=O. The summed E-state index contributed by atoms with van der Waals surface area (Å²) >= 11 is 0. The Morgan fingerprint density at radius 1 is 1.20 bits per heavy atom. The summed E-state index contributed by atoms with van der Waals surface area (Å²) in [6, 6.07) is 14.9. The van der Waals surface area contributed by atoms with Gasteiger partial charge >= 0.3 is 5.97 Å². The van der Waals surface area contributed by atoms with Crippen LogP contribution in [-0.4, -0.2) is 35.7 Å². The van der Waals surface area contributed by atoms with Crippen molar-refractivity contribution >= 4 is 17.6 Å². The van der Waals surface area contributed by atoms with Crippen molar-refractivity contribution in [3.8, 4) is 17.2 Å². The van der Waals surface area contributed by atoms with Crippen LogP contribution in [-0.2, 0) is 20.9 Å². The quantitative estimate of drug-likeness (QED) is 0.579. The monoisotopic (exact) mass is 407 g/mol. The first-order chi connectivity index (χ1) is 14.5. The van der Waals surface area contributed by atoms with E-state index >= 15 is 0 Å². The summed E-state index contributed by atoms with van der Waals surface area (Å²) in [5, 5.41) is 7.88. The van der Waals surface area contributed by atoms with Crippen LogP contribution in [0.4, 0.5) is 5.69 Å². The van der Waals surface area contributed by atoms with Gasteiger partial charge in [-0.05, 0) is 36.8 Å². The van der Waals surface area contributed by atoms with Crippen LogP contribution in [0.3, 0.4) is 0 Å². The van der Waals surface area contributed by atoms with Crippen LogP contribution >= 0.6 is 0 Å². The summed E-state index contributed by atoms with van der Waals surface area (Å²) in [7, 11) is 1.55. The Labute approximate surface area is 173 Å². The third-order valence-corrected chi connectivity index (χ3v) is 4.91. The van der Waals surface area contributed by atoms with Gasteiger partial charge in [0.05, 0.1) is 18.7 Å². The number of carbonyl (C=O) groups is 2. The van der Waals surface area contributed by atoms with Gasteiger partial charge in [0.15, 0.2) is 6.61 Å². The summed E-state index contributed by atoms with van der Waals surface area (Å²) in [5.74, 6) is -0.0532. The fourth-order valence-electron chi connectivity index (χ4n) is 3.37. The topological polar surface area (TPSA) is 94.8 Å². The lowest BCUT2D eigenvalue weighted by Gasteiger charge is -2.20. The second-order valence-corrected chi connectivity index (χ2v) is 7.06. The molecule has 4 rings (SSSR count). The van der Waals surface area contributed by atoms with E-state index in [-0.39, 0.29) is 31.4 Å². The van der Waals surface area contributed by atoms with E-state index in [1.807, 2.05) is 55.5 Å². The average molecular weight is 407 g/mol. The number of ether oxygens (including phenoxy) is 2. The molecular weight excluding hydrogens is 386 g/mol. The molecule has 0 bridgehead atoms. The number of amides is 1. The Morgan fingerprint density at radius 2 is 2.00 bits per heavy atom. The normalized spacial score (nSPS) is 16.0. The van der Waals surface area contributed by atoms with Crippen molar-refractivity contribution in [1.29, 1.82) is 0 Å². The molecule has 2 heterocycles. The molecule has 154 valence electrons. The number of benzene rings is 2. The van der Waals surface area contributed by atoms with Crippen LogP contribution in [0.1, 0.15) is 17.9 Å². The van der Waals surface area contributed by atoms with Gasteiger partial charge in [0.2, 0.25) is 11.8 Å². The fraction of sp³-hybridized carbons (Fsp3) is 0.273. The molecular formula is C22H21N3O5. The van der Waals surface area contributed by atoms with Crippen LogP contribution in [0.5, 0.6) is 5.75 Å². The van der Waals surface area contributed by atoms with Crippen molar-refractivity contribution in [2.45, 2.75) is 20.0 Å². The van der Waals surface area contributed by atoms with Crippen LogP contribution in [0.2, 0.25) is 0 Å². The second kappa shape index (κ2) is 8.36. The lowest BCUT2D eigenvalue weighted by Crippen LogP contribution is -2.27.